The molecule has 150 valence electrons. The minimum atomic E-state index is -0.484. The molecule has 2 atom stereocenters. The van der Waals surface area contributed by atoms with Crippen molar-refractivity contribution >= 4 is 40.1 Å². The van der Waals surface area contributed by atoms with Crippen molar-refractivity contribution in [2.75, 3.05) is 18.5 Å². The number of hydrogen-bond donors (Lipinski definition) is 1. The summed E-state index contributed by atoms with van der Waals surface area (Å²) in [5.74, 6) is -0.261. The molecule has 4 rings (SSSR count). The van der Waals surface area contributed by atoms with E-state index < -0.39 is 5.25 Å². The highest BCUT2D eigenvalue weighted by molar-refractivity contribution is 8.15. The Morgan fingerprint density at radius 1 is 1.14 bits per heavy atom. The summed E-state index contributed by atoms with van der Waals surface area (Å²) in [6.07, 6.45) is 2.08. The molecule has 2 aromatic rings. The molecule has 29 heavy (non-hydrogen) atoms. The van der Waals surface area contributed by atoms with Crippen molar-refractivity contribution < 1.29 is 14.3 Å². The first kappa shape index (κ1) is 19.7. The first-order chi connectivity index (χ1) is 14.2. The Balaban J connectivity index is 1.48. The van der Waals surface area contributed by atoms with Gasteiger partial charge in [-0.1, -0.05) is 48.2 Å². The Morgan fingerprint density at radius 3 is 2.55 bits per heavy atom. The lowest BCUT2D eigenvalue weighted by molar-refractivity contribution is -0.129. The molecule has 0 spiro atoms. The number of rotatable bonds is 6. The predicted molar refractivity (Wildman–Crippen MR) is 115 cm³/mol. The van der Waals surface area contributed by atoms with Crippen LogP contribution in [-0.4, -0.2) is 46.4 Å². The van der Waals surface area contributed by atoms with Crippen molar-refractivity contribution in [1.29, 1.82) is 0 Å². The highest BCUT2D eigenvalue weighted by atomic mass is 32.2. The molecule has 0 unspecified atom stereocenters. The van der Waals surface area contributed by atoms with Crippen LogP contribution in [0, 0.1) is 0 Å². The Morgan fingerprint density at radius 2 is 1.86 bits per heavy atom. The number of nitrogens with one attached hydrogen (secondary N) is 1. The molecule has 2 heterocycles. The number of anilines is 1. The molecule has 2 aliphatic rings. The van der Waals surface area contributed by atoms with E-state index in [1.807, 2.05) is 60.7 Å². The Kier molecular flexibility index (Phi) is 6.27. The number of amidine groups is 1. The van der Waals surface area contributed by atoms with E-state index in [1.165, 1.54) is 11.8 Å². The van der Waals surface area contributed by atoms with Gasteiger partial charge in [-0.05, 0) is 37.1 Å². The third-order valence-corrected chi connectivity index (χ3v) is 6.01. The summed E-state index contributed by atoms with van der Waals surface area (Å²) in [6.45, 7) is 1.21. The first-order valence-electron chi connectivity index (χ1n) is 9.77. The third-order valence-electron chi connectivity index (χ3n) is 4.84. The second-order valence-electron chi connectivity index (χ2n) is 7.04. The quantitative estimate of drug-likeness (QED) is 0.787. The summed E-state index contributed by atoms with van der Waals surface area (Å²) in [7, 11) is 0. The zero-order chi connectivity index (χ0) is 20.1. The van der Waals surface area contributed by atoms with Crippen LogP contribution in [-0.2, 0) is 14.3 Å². The normalized spacial score (nSPS) is 23.0. The van der Waals surface area contributed by atoms with E-state index in [9.17, 15) is 9.59 Å². The minimum absolute atomic E-state index is 0.0254. The Hall–Kier alpha value is -2.64. The fourth-order valence-electron chi connectivity index (χ4n) is 3.40. The monoisotopic (exact) mass is 409 g/mol. The van der Waals surface area contributed by atoms with Gasteiger partial charge >= 0.3 is 0 Å². The van der Waals surface area contributed by atoms with E-state index in [1.54, 1.807) is 4.90 Å². The molecule has 6 nitrogen and oxygen atoms in total. The molecule has 0 aromatic heterocycles. The number of thioether (sulfide) groups is 1. The number of para-hydroxylation sites is 2. The maximum Gasteiger partial charge on any atom is 0.242 e. The van der Waals surface area contributed by atoms with Crippen LogP contribution in [0.15, 0.2) is 65.7 Å². The molecule has 2 saturated heterocycles. The van der Waals surface area contributed by atoms with Crippen LogP contribution in [0.25, 0.3) is 0 Å². The van der Waals surface area contributed by atoms with Gasteiger partial charge in [0.1, 0.15) is 5.25 Å². The van der Waals surface area contributed by atoms with Gasteiger partial charge < -0.3 is 10.1 Å². The van der Waals surface area contributed by atoms with Gasteiger partial charge in [-0.3, -0.25) is 14.5 Å². The largest absolute Gasteiger partial charge is 0.376 e. The molecule has 2 amide bonds. The number of ether oxygens (including phenoxy) is 1. The van der Waals surface area contributed by atoms with Gasteiger partial charge in [0.05, 0.1) is 18.3 Å². The van der Waals surface area contributed by atoms with Gasteiger partial charge in [0.2, 0.25) is 11.8 Å². The second kappa shape index (κ2) is 9.24. The minimum Gasteiger partial charge on any atom is -0.376 e. The summed E-state index contributed by atoms with van der Waals surface area (Å²) in [5, 5.41) is 3.00. The van der Waals surface area contributed by atoms with Crippen LogP contribution < -0.4 is 5.32 Å². The van der Waals surface area contributed by atoms with Crippen molar-refractivity contribution in [1.82, 2.24) is 4.90 Å². The standard InChI is InChI=1S/C22H23N3O3S/c26-20(23-16-8-3-1-4-9-16)14-19-21(27)25(15-18-12-7-13-28-18)22(29-19)24-17-10-5-2-6-11-17/h1-6,8-11,18-19H,7,12-15H2,(H,23,26)/t18-,19-/m1/s1. The van der Waals surface area contributed by atoms with Gasteiger partial charge in [-0.15, -0.1) is 0 Å². The van der Waals surface area contributed by atoms with Crippen LogP contribution in [0.3, 0.4) is 0 Å². The molecule has 7 heteroatoms. The molecule has 2 aliphatic heterocycles. The third kappa shape index (κ3) is 5.05. The summed E-state index contributed by atoms with van der Waals surface area (Å²) >= 11 is 1.35. The number of carbonyl (C=O) groups is 2. The van der Waals surface area contributed by atoms with Crippen molar-refractivity contribution in [2.24, 2.45) is 4.99 Å². The van der Waals surface area contributed by atoms with Crippen molar-refractivity contribution in [3.63, 3.8) is 0 Å². The average molecular weight is 410 g/mol. The SMILES string of the molecule is O=C(C[C@H]1SC(=Nc2ccccc2)N(C[C@H]2CCCO2)C1=O)Nc1ccccc1. The number of nitrogens with zero attached hydrogens (tertiary/aromatic N) is 2. The highest BCUT2D eigenvalue weighted by Gasteiger charge is 2.40. The summed E-state index contributed by atoms with van der Waals surface area (Å²) in [6, 6.07) is 18.8. The van der Waals surface area contributed by atoms with Crippen LogP contribution in [0.1, 0.15) is 19.3 Å². The molecule has 2 aromatic carbocycles. The zero-order valence-electron chi connectivity index (χ0n) is 16.0. The number of hydrogen-bond acceptors (Lipinski definition) is 5. The van der Waals surface area contributed by atoms with Gasteiger partial charge in [0.15, 0.2) is 5.17 Å². The van der Waals surface area contributed by atoms with Crippen LogP contribution in [0.4, 0.5) is 11.4 Å². The van der Waals surface area contributed by atoms with E-state index in [0.29, 0.717) is 11.7 Å². The number of aliphatic imine (C=N–C) groups is 1. The molecule has 0 bridgehead atoms. The Bertz CT molecular complexity index is 883. The van der Waals surface area contributed by atoms with E-state index in [0.717, 1.165) is 30.8 Å². The summed E-state index contributed by atoms with van der Waals surface area (Å²) in [5.41, 5.74) is 1.51. The predicted octanol–water partition coefficient (Wildman–Crippen LogP) is 3.83. The summed E-state index contributed by atoms with van der Waals surface area (Å²) in [4.78, 5) is 31.9. The molecule has 1 N–H and O–H groups in total. The van der Waals surface area contributed by atoms with Crippen LogP contribution in [0.2, 0.25) is 0 Å². The van der Waals surface area contributed by atoms with Gasteiger partial charge in [-0.25, -0.2) is 4.99 Å². The smallest absolute Gasteiger partial charge is 0.242 e. The van der Waals surface area contributed by atoms with Crippen LogP contribution >= 0.6 is 11.8 Å². The number of amides is 2. The van der Waals surface area contributed by atoms with E-state index in [4.69, 9.17) is 4.74 Å². The topological polar surface area (TPSA) is 71.0 Å². The Labute approximate surface area is 174 Å². The highest BCUT2D eigenvalue weighted by Crippen LogP contribution is 2.33. The first-order valence-corrected chi connectivity index (χ1v) is 10.7. The van der Waals surface area contributed by atoms with Crippen LogP contribution in [0.5, 0.6) is 0 Å². The van der Waals surface area contributed by atoms with Gasteiger partial charge in [0.25, 0.3) is 0 Å². The maximum absolute atomic E-state index is 13.1. The molecule has 2 fully saturated rings. The lowest BCUT2D eigenvalue weighted by Crippen LogP contribution is -2.38. The van der Waals surface area contributed by atoms with Crippen molar-refractivity contribution in [3.8, 4) is 0 Å². The maximum atomic E-state index is 13.1. The molecule has 0 saturated carbocycles. The molecular formula is C22H23N3O3S. The molecule has 0 aliphatic carbocycles. The second-order valence-corrected chi connectivity index (χ2v) is 8.21. The number of benzene rings is 2. The van der Waals surface area contributed by atoms with E-state index in [-0.39, 0.29) is 24.3 Å². The lowest BCUT2D eigenvalue weighted by Gasteiger charge is -2.20. The zero-order valence-corrected chi connectivity index (χ0v) is 16.8. The van der Waals surface area contributed by atoms with E-state index in [2.05, 4.69) is 10.3 Å². The van der Waals surface area contributed by atoms with Crippen molar-refractivity contribution in [3.05, 3.63) is 60.7 Å². The fraction of sp³-hybridized carbons (Fsp3) is 0.318. The molecule has 0 radical (unpaired) electrons. The van der Waals surface area contributed by atoms with Gasteiger partial charge in [0, 0.05) is 18.7 Å². The van der Waals surface area contributed by atoms with Gasteiger partial charge in [-0.2, -0.15) is 0 Å². The number of carbonyl (C=O) groups excluding carboxylic acids is 2. The summed E-state index contributed by atoms with van der Waals surface area (Å²) < 4.78 is 5.72. The molecular weight excluding hydrogens is 386 g/mol. The lowest BCUT2D eigenvalue weighted by atomic mass is 10.2. The fourth-order valence-corrected chi connectivity index (χ4v) is 4.57. The van der Waals surface area contributed by atoms with E-state index >= 15 is 0 Å². The van der Waals surface area contributed by atoms with Crippen molar-refractivity contribution in [2.45, 2.75) is 30.6 Å². The average Bonchev–Trinajstić information content (AvgIpc) is 3.34.